The Hall–Kier alpha value is -2.28. The van der Waals surface area contributed by atoms with Gasteiger partial charge in [0, 0.05) is 4.47 Å². The maximum absolute atomic E-state index is 4.34. The average molecular weight is 331 g/mol. The molecule has 0 unspecified atom stereocenters. The molecule has 0 saturated carbocycles. The number of fused-ring (bicyclic) bond motifs is 1. The fourth-order valence-electron chi connectivity index (χ4n) is 1.68. The molecule has 0 saturated heterocycles. The molecule has 0 aliphatic heterocycles. The predicted molar refractivity (Wildman–Crippen MR) is 80.9 cm³/mol. The Morgan fingerprint density at radius 3 is 2.75 bits per heavy atom. The number of hydrogen-bond donors (Lipinski definition) is 1. The maximum Gasteiger partial charge on any atom is 0.178 e. The second kappa shape index (κ2) is 5.38. The number of aryl methyl sites for hydroxylation is 1. The van der Waals surface area contributed by atoms with Crippen molar-refractivity contribution in [3.63, 3.8) is 0 Å². The van der Waals surface area contributed by atoms with Crippen molar-refractivity contribution in [1.82, 2.24) is 19.8 Å². The number of anilines is 1. The summed E-state index contributed by atoms with van der Waals surface area (Å²) in [5.41, 5.74) is 4.60. The van der Waals surface area contributed by atoms with Gasteiger partial charge in [-0.15, -0.1) is 15.3 Å². The van der Waals surface area contributed by atoms with Gasteiger partial charge in [-0.25, -0.2) is 0 Å². The molecule has 2 aromatic heterocycles. The van der Waals surface area contributed by atoms with E-state index in [1.807, 2.05) is 43.3 Å². The summed E-state index contributed by atoms with van der Waals surface area (Å²) in [5.74, 6) is 1.37. The standard InChI is InChI=1S/C13H11BrN6/c1-9-16-18-13-7-6-12(19-20(9)13)17-15-8-10-2-4-11(14)5-3-10/h2-8H,1H3,(H,17,19)/b15-8-. The van der Waals surface area contributed by atoms with Crippen molar-refractivity contribution >= 4 is 33.6 Å². The molecule has 0 amide bonds. The Kier molecular flexibility index (Phi) is 3.42. The van der Waals surface area contributed by atoms with Crippen molar-refractivity contribution < 1.29 is 0 Å². The molecule has 0 fully saturated rings. The number of hydrogen-bond acceptors (Lipinski definition) is 5. The highest BCUT2D eigenvalue weighted by Gasteiger charge is 2.02. The van der Waals surface area contributed by atoms with Gasteiger partial charge in [0.05, 0.1) is 6.21 Å². The van der Waals surface area contributed by atoms with Gasteiger partial charge in [-0.05, 0) is 36.8 Å². The summed E-state index contributed by atoms with van der Waals surface area (Å²) in [6, 6.07) is 11.5. The van der Waals surface area contributed by atoms with Crippen LogP contribution in [0.4, 0.5) is 5.82 Å². The van der Waals surface area contributed by atoms with Gasteiger partial charge in [-0.1, -0.05) is 28.1 Å². The van der Waals surface area contributed by atoms with E-state index in [9.17, 15) is 0 Å². The molecule has 2 heterocycles. The van der Waals surface area contributed by atoms with E-state index in [0.29, 0.717) is 11.5 Å². The number of rotatable bonds is 3. The molecule has 20 heavy (non-hydrogen) atoms. The summed E-state index contributed by atoms with van der Waals surface area (Å²) in [6.45, 7) is 1.85. The summed E-state index contributed by atoms with van der Waals surface area (Å²) in [5, 5.41) is 16.4. The molecule has 0 aliphatic carbocycles. The third kappa shape index (κ3) is 2.67. The zero-order chi connectivity index (χ0) is 13.9. The molecule has 7 heteroatoms. The lowest BCUT2D eigenvalue weighted by atomic mass is 10.2. The Balaban J connectivity index is 1.76. The van der Waals surface area contributed by atoms with Crippen LogP contribution in [0.25, 0.3) is 5.65 Å². The van der Waals surface area contributed by atoms with Crippen LogP contribution in [0, 0.1) is 6.92 Å². The summed E-state index contributed by atoms with van der Waals surface area (Å²) in [7, 11) is 0. The first-order valence-electron chi connectivity index (χ1n) is 5.96. The Morgan fingerprint density at radius 1 is 1.15 bits per heavy atom. The lowest BCUT2D eigenvalue weighted by molar-refractivity contribution is 0.875. The molecular weight excluding hydrogens is 320 g/mol. The van der Waals surface area contributed by atoms with Crippen LogP contribution in [0.1, 0.15) is 11.4 Å². The van der Waals surface area contributed by atoms with Crippen LogP contribution in [0.2, 0.25) is 0 Å². The van der Waals surface area contributed by atoms with Gasteiger partial charge in [0.15, 0.2) is 17.3 Å². The number of halogens is 1. The van der Waals surface area contributed by atoms with Gasteiger partial charge >= 0.3 is 0 Å². The SMILES string of the molecule is Cc1nnc2ccc(N/N=C\c3ccc(Br)cc3)nn12. The van der Waals surface area contributed by atoms with Crippen molar-refractivity contribution in [2.24, 2.45) is 5.10 Å². The number of hydrazone groups is 1. The van der Waals surface area contributed by atoms with Crippen LogP contribution in [0.5, 0.6) is 0 Å². The minimum atomic E-state index is 0.633. The first-order valence-corrected chi connectivity index (χ1v) is 6.75. The highest BCUT2D eigenvalue weighted by molar-refractivity contribution is 9.10. The largest absolute Gasteiger partial charge is 0.260 e. The highest BCUT2D eigenvalue weighted by atomic mass is 79.9. The van der Waals surface area contributed by atoms with Crippen LogP contribution in [0.3, 0.4) is 0 Å². The van der Waals surface area contributed by atoms with Crippen molar-refractivity contribution in [2.75, 3.05) is 5.43 Å². The van der Waals surface area contributed by atoms with Crippen LogP contribution in [-0.4, -0.2) is 26.0 Å². The van der Waals surface area contributed by atoms with E-state index >= 15 is 0 Å². The van der Waals surface area contributed by atoms with Gasteiger partial charge in [-0.2, -0.15) is 9.62 Å². The molecule has 1 N–H and O–H groups in total. The Morgan fingerprint density at radius 2 is 1.95 bits per heavy atom. The summed E-state index contributed by atoms with van der Waals surface area (Å²) in [6.07, 6.45) is 1.73. The van der Waals surface area contributed by atoms with Crippen LogP contribution >= 0.6 is 15.9 Å². The van der Waals surface area contributed by atoms with E-state index in [2.05, 4.69) is 41.8 Å². The minimum Gasteiger partial charge on any atom is -0.260 e. The molecule has 100 valence electrons. The topological polar surface area (TPSA) is 67.5 Å². The van der Waals surface area contributed by atoms with Gasteiger partial charge < -0.3 is 0 Å². The number of nitrogens with one attached hydrogen (secondary N) is 1. The molecule has 0 atom stereocenters. The van der Waals surface area contributed by atoms with Crippen LogP contribution in [-0.2, 0) is 0 Å². The summed E-state index contributed by atoms with van der Waals surface area (Å²) < 4.78 is 2.70. The van der Waals surface area contributed by atoms with Crippen LogP contribution < -0.4 is 5.43 Å². The summed E-state index contributed by atoms with van der Waals surface area (Å²) in [4.78, 5) is 0. The number of nitrogens with zero attached hydrogens (tertiary/aromatic N) is 5. The Bertz CT molecular complexity index is 762. The quantitative estimate of drug-likeness (QED) is 0.592. The van der Waals surface area contributed by atoms with Crippen molar-refractivity contribution in [3.05, 3.63) is 52.3 Å². The molecule has 0 bridgehead atoms. The van der Waals surface area contributed by atoms with Crippen molar-refractivity contribution in [3.8, 4) is 0 Å². The van der Waals surface area contributed by atoms with E-state index < -0.39 is 0 Å². The van der Waals surface area contributed by atoms with Gasteiger partial charge in [-0.3, -0.25) is 5.43 Å². The van der Waals surface area contributed by atoms with E-state index in [-0.39, 0.29) is 0 Å². The molecule has 0 radical (unpaired) electrons. The zero-order valence-corrected chi connectivity index (χ0v) is 12.2. The van der Waals surface area contributed by atoms with E-state index in [0.717, 1.165) is 15.9 Å². The van der Waals surface area contributed by atoms with Gasteiger partial charge in [0.25, 0.3) is 0 Å². The Labute approximate surface area is 123 Å². The molecule has 3 aromatic rings. The minimum absolute atomic E-state index is 0.633. The van der Waals surface area contributed by atoms with E-state index in [1.165, 1.54) is 0 Å². The monoisotopic (exact) mass is 330 g/mol. The van der Waals surface area contributed by atoms with Crippen molar-refractivity contribution in [1.29, 1.82) is 0 Å². The molecular formula is C13H11BrN6. The average Bonchev–Trinajstić information content (AvgIpc) is 2.83. The van der Waals surface area contributed by atoms with Gasteiger partial charge in [0.2, 0.25) is 0 Å². The van der Waals surface area contributed by atoms with Crippen LogP contribution in [0.15, 0.2) is 46.0 Å². The second-order valence-electron chi connectivity index (χ2n) is 4.16. The molecule has 0 spiro atoms. The molecule has 0 aliphatic rings. The fourth-order valence-corrected chi connectivity index (χ4v) is 1.94. The lowest BCUT2D eigenvalue weighted by Crippen LogP contribution is -2.00. The number of aromatic nitrogens is 4. The molecule has 1 aromatic carbocycles. The zero-order valence-electron chi connectivity index (χ0n) is 10.7. The van der Waals surface area contributed by atoms with Crippen molar-refractivity contribution in [2.45, 2.75) is 6.92 Å². The fraction of sp³-hybridized carbons (Fsp3) is 0.0769. The highest BCUT2D eigenvalue weighted by Crippen LogP contribution is 2.09. The first-order chi connectivity index (χ1) is 9.72. The molecule has 6 nitrogen and oxygen atoms in total. The second-order valence-corrected chi connectivity index (χ2v) is 5.07. The predicted octanol–water partition coefficient (Wildman–Crippen LogP) is 2.64. The third-order valence-electron chi connectivity index (χ3n) is 2.68. The van der Waals surface area contributed by atoms with E-state index in [4.69, 9.17) is 0 Å². The smallest absolute Gasteiger partial charge is 0.178 e. The van der Waals surface area contributed by atoms with E-state index in [1.54, 1.807) is 10.7 Å². The normalized spacial score (nSPS) is 11.3. The summed E-state index contributed by atoms with van der Waals surface area (Å²) >= 11 is 3.39. The first kappa shape index (κ1) is 12.7. The number of benzene rings is 1. The maximum atomic E-state index is 4.34. The van der Waals surface area contributed by atoms with Gasteiger partial charge in [0.1, 0.15) is 0 Å². The molecule has 3 rings (SSSR count). The lowest BCUT2D eigenvalue weighted by Gasteiger charge is -2.00. The third-order valence-corrected chi connectivity index (χ3v) is 3.21.